The first kappa shape index (κ1) is 13.0. The monoisotopic (exact) mass is 312 g/mol. The Morgan fingerprint density at radius 2 is 2.39 bits per heavy atom. The maximum absolute atomic E-state index is 13.6. The van der Waals surface area contributed by atoms with Crippen molar-refractivity contribution in [2.45, 2.75) is 6.10 Å². The van der Waals surface area contributed by atoms with E-state index < -0.39 is 17.8 Å². The average Bonchev–Trinajstić information content (AvgIpc) is 2.41. The minimum absolute atomic E-state index is 0.00275. The van der Waals surface area contributed by atoms with E-state index in [9.17, 15) is 9.18 Å². The molecule has 1 fully saturated rings. The largest absolute Gasteiger partial charge is 0.360 e. The number of rotatable bonds is 1. The van der Waals surface area contributed by atoms with Crippen molar-refractivity contribution in [3.05, 3.63) is 34.1 Å². The number of hydrogen-bond acceptors (Lipinski definition) is 3. The number of nitriles is 1. The zero-order chi connectivity index (χ0) is 13.1. The highest BCUT2D eigenvalue weighted by molar-refractivity contribution is 9.10. The van der Waals surface area contributed by atoms with Gasteiger partial charge in [-0.05, 0) is 18.2 Å². The smallest absolute Gasteiger partial charge is 0.257 e. The molecule has 18 heavy (non-hydrogen) atoms. The quantitative estimate of drug-likeness (QED) is 0.796. The average molecular weight is 313 g/mol. The van der Waals surface area contributed by atoms with Crippen LogP contribution in [0.1, 0.15) is 10.4 Å². The third-order valence-corrected chi connectivity index (χ3v) is 3.15. The number of morpholine rings is 1. The number of nitrogens with zero attached hydrogens (tertiary/aromatic N) is 2. The normalized spacial score (nSPS) is 19.4. The van der Waals surface area contributed by atoms with Gasteiger partial charge < -0.3 is 9.64 Å². The highest BCUT2D eigenvalue weighted by atomic mass is 79.9. The van der Waals surface area contributed by atoms with Crippen molar-refractivity contribution in [2.24, 2.45) is 0 Å². The van der Waals surface area contributed by atoms with Gasteiger partial charge in [0.25, 0.3) is 5.91 Å². The fourth-order valence-corrected chi connectivity index (χ4v) is 2.10. The molecule has 4 nitrogen and oxygen atoms in total. The number of halogens is 2. The second-order valence-electron chi connectivity index (χ2n) is 3.86. The van der Waals surface area contributed by atoms with Gasteiger partial charge in [-0.2, -0.15) is 5.26 Å². The third-order valence-electron chi connectivity index (χ3n) is 2.66. The molecule has 1 amide bonds. The van der Waals surface area contributed by atoms with Crippen LogP contribution in [0.5, 0.6) is 0 Å². The van der Waals surface area contributed by atoms with Crippen LogP contribution in [0, 0.1) is 17.1 Å². The minimum atomic E-state index is -0.641. The topological polar surface area (TPSA) is 53.3 Å². The summed E-state index contributed by atoms with van der Waals surface area (Å²) in [5, 5.41) is 8.77. The van der Waals surface area contributed by atoms with Gasteiger partial charge in [-0.15, -0.1) is 0 Å². The number of hydrogen-bond donors (Lipinski definition) is 0. The summed E-state index contributed by atoms with van der Waals surface area (Å²) >= 11 is 3.20. The SMILES string of the molecule is N#CC1CN(C(=O)c2cc(Br)ccc2F)CCO1. The van der Waals surface area contributed by atoms with Gasteiger partial charge in [0.1, 0.15) is 5.82 Å². The van der Waals surface area contributed by atoms with Crippen molar-refractivity contribution in [3.8, 4) is 6.07 Å². The lowest BCUT2D eigenvalue weighted by Gasteiger charge is -2.29. The molecule has 6 heteroatoms. The predicted molar refractivity (Wildman–Crippen MR) is 65.4 cm³/mol. The molecule has 1 aliphatic heterocycles. The van der Waals surface area contributed by atoms with Crippen LogP contribution < -0.4 is 0 Å². The molecule has 1 aromatic rings. The molecule has 0 spiro atoms. The van der Waals surface area contributed by atoms with Crippen LogP contribution in [0.15, 0.2) is 22.7 Å². The van der Waals surface area contributed by atoms with Crippen molar-refractivity contribution in [2.75, 3.05) is 19.7 Å². The van der Waals surface area contributed by atoms with E-state index in [0.717, 1.165) is 0 Å². The van der Waals surface area contributed by atoms with Crippen molar-refractivity contribution < 1.29 is 13.9 Å². The molecule has 1 heterocycles. The van der Waals surface area contributed by atoms with Gasteiger partial charge in [0.2, 0.25) is 0 Å². The second kappa shape index (κ2) is 5.46. The van der Waals surface area contributed by atoms with Gasteiger partial charge in [0.15, 0.2) is 6.10 Å². The first-order valence-electron chi connectivity index (χ1n) is 5.37. The molecular weight excluding hydrogens is 303 g/mol. The van der Waals surface area contributed by atoms with Crippen LogP contribution >= 0.6 is 15.9 Å². The Morgan fingerprint density at radius 3 is 3.11 bits per heavy atom. The molecule has 0 saturated carbocycles. The Bertz CT molecular complexity index is 515. The molecule has 1 saturated heterocycles. The summed E-state index contributed by atoms with van der Waals surface area (Å²) < 4.78 is 19.4. The van der Waals surface area contributed by atoms with E-state index in [1.54, 1.807) is 0 Å². The van der Waals surface area contributed by atoms with E-state index in [1.807, 2.05) is 6.07 Å². The second-order valence-corrected chi connectivity index (χ2v) is 4.78. The Morgan fingerprint density at radius 1 is 1.61 bits per heavy atom. The summed E-state index contributed by atoms with van der Waals surface area (Å²) in [6, 6.07) is 6.15. The first-order chi connectivity index (χ1) is 8.61. The zero-order valence-electron chi connectivity index (χ0n) is 9.40. The van der Waals surface area contributed by atoms with Crippen LogP contribution in [0.3, 0.4) is 0 Å². The Kier molecular flexibility index (Phi) is 3.94. The van der Waals surface area contributed by atoms with Gasteiger partial charge in [0, 0.05) is 11.0 Å². The predicted octanol–water partition coefficient (Wildman–Crippen LogP) is 1.95. The standard InChI is InChI=1S/C12H10BrFN2O2/c13-8-1-2-11(14)10(5-8)12(17)16-3-4-18-9(6-15)7-16/h1-2,5,9H,3-4,7H2. The summed E-state index contributed by atoms with van der Waals surface area (Å²) in [4.78, 5) is 13.6. The first-order valence-corrected chi connectivity index (χ1v) is 6.16. The van der Waals surface area contributed by atoms with Crippen molar-refractivity contribution in [1.29, 1.82) is 5.26 Å². The lowest BCUT2D eigenvalue weighted by molar-refractivity contribution is 0.00326. The van der Waals surface area contributed by atoms with Crippen LogP contribution in [-0.4, -0.2) is 36.6 Å². The summed E-state index contributed by atoms with van der Waals surface area (Å²) in [6.07, 6.45) is -0.641. The van der Waals surface area contributed by atoms with Gasteiger partial charge in [0.05, 0.1) is 24.8 Å². The molecule has 0 aliphatic carbocycles. The van der Waals surface area contributed by atoms with Crippen LogP contribution in [0.25, 0.3) is 0 Å². The molecule has 0 aromatic heterocycles. The molecule has 1 atom stereocenters. The molecular formula is C12H10BrFN2O2. The number of carbonyl (C=O) groups is 1. The van der Waals surface area contributed by atoms with Gasteiger partial charge in [-0.25, -0.2) is 4.39 Å². The minimum Gasteiger partial charge on any atom is -0.360 e. The third kappa shape index (κ3) is 2.68. The van der Waals surface area contributed by atoms with Gasteiger partial charge in [-0.1, -0.05) is 15.9 Å². The molecule has 1 aliphatic rings. The zero-order valence-corrected chi connectivity index (χ0v) is 11.0. The number of amides is 1. The van der Waals surface area contributed by atoms with Crippen LogP contribution in [0.4, 0.5) is 4.39 Å². The summed E-state index contributed by atoms with van der Waals surface area (Å²) in [6.45, 7) is 0.823. The van der Waals surface area contributed by atoms with Crippen LogP contribution in [0.2, 0.25) is 0 Å². The Hall–Kier alpha value is -1.45. The summed E-state index contributed by atoms with van der Waals surface area (Å²) in [7, 11) is 0. The lowest BCUT2D eigenvalue weighted by atomic mass is 10.1. The van der Waals surface area contributed by atoms with Crippen molar-refractivity contribution >= 4 is 21.8 Å². The molecule has 0 N–H and O–H groups in total. The molecule has 0 bridgehead atoms. The Labute approximate surface area is 112 Å². The Balaban J connectivity index is 2.21. The molecule has 0 radical (unpaired) electrons. The lowest BCUT2D eigenvalue weighted by Crippen LogP contribution is -2.45. The van der Waals surface area contributed by atoms with E-state index in [-0.39, 0.29) is 12.1 Å². The maximum atomic E-state index is 13.6. The molecule has 94 valence electrons. The van der Waals surface area contributed by atoms with Crippen molar-refractivity contribution in [1.82, 2.24) is 4.90 Å². The van der Waals surface area contributed by atoms with Gasteiger partial charge in [-0.3, -0.25) is 4.79 Å². The highest BCUT2D eigenvalue weighted by Crippen LogP contribution is 2.18. The number of ether oxygens (including phenoxy) is 1. The summed E-state index contributed by atoms with van der Waals surface area (Å²) in [5.41, 5.74) is 0.00275. The van der Waals surface area contributed by atoms with E-state index in [0.29, 0.717) is 17.6 Å². The number of carbonyl (C=O) groups excluding carboxylic acids is 1. The van der Waals surface area contributed by atoms with Gasteiger partial charge >= 0.3 is 0 Å². The van der Waals surface area contributed by atoms with E-state index in [2.05, 4.69) is 15.9 Å². The fraction of sp³-hybridized carbons (Fsp3) is 0.333. The molecule has 2 rings (SSSR count). The molecule has 1 unspecified atom stereocenters. The van der Waals surface area contributed by atoms with E-state index in [4.69, 9.17) is 10.00 Å². The molecule has 1 aromatic carbocycles. The maximum Gasteiger partial charge on any atom is 0.257 e. The summed E-state index contributed by atoms with van der Waals surface area (Å²) in [5.74, 6) is -0.986. The fourth-order valence-electron chi connectivity index (χ4n) is 1.74. The number of benzene rings is 1. The van der Waals surface area contributed by atoms with Crippen LogP contribution in [-0.2, 0) is 4.74 Å². The highest BCUT2D eigenvalue weighted by Gasteiger charge is 2.26. The van der Waals surface area contributed by atoms with E-state index in [1.165, 1.54) is 23.1 Å². The van der Waals surface area contributed by atoms with Crippen molar-refractivity contribution in [3.63, 3.8) is 0 Å². The van der Waals surface area contributed by atoms with E-state index >= 15 is 0 Å².